The molecule has 8 nitrogen and oxygen atoms in total. The van der Waals surface area contributed by atoms with Crippen LogP contribution in [0.1, 0.15) is 31.4 Å². The van der Waals surface area contributed by atoms with Crippen LogP contribution in [0.25, 0.3) is 0 Å². The van der Waals surface area contributed by atoms with E-state index >= 15 is 0 Å². The van der Waals surface area contributed by atoms with Gasteiger partial charge in [-0.1, -0.05) is 36.4 Å². The molecule has 0 saturated carbocycles. The van der Waals surface area contributed by atoms with Gasteiger partial charge in [-0.3, -0.25) is 14.5 Å². The van der Waals surface area contributed by atoms with Crippen molar-refractivity contribution < 1.29 is 23.9 Å². The summed E-state index contributed by atoms with van der Waals surface area (Å²) in [6, 6.07) is 14.8. The number of hydrogen-bond acceptors (Lipinski definition) is 5. The maximum absolute atomic E-state index is 13.0. The second kappa shape index (κ2) is 8.90. The monoisotopic (exact) mass is 437 g/mol. The summed E-state index contributed by atoms with van der Waals surface area (Å²) >= 11 is 0. The number of nitrogens with one attached hydrogen (secondary N) is 2. The molecule has 1 fully saturated rings. The normalized spacial score (nSPS) is 20.2. The molecule has 32 heavy (non-hydrogen) atoms. The Labute approximate surface area is 186 Å². The van der Waals surface area contributed by atoms with Crippen molar-refractivity contribution in [2.45, 2.75) is 44.7 Å². The van der Waals surface area contributed by atoms with Crippen molar-refractivity contribution in [1.29, 1.82) is 0 Å². The fourth-order valence-electron chi connectivity index (χ4n) is 4.03. The van der Waals surface area contributed by atoms with Crippen molar-refractivity contribution in [3.05, 3.63) is 59.7 Å². The van der Waals surface area contributed by atoms with Crippen LogP contribution >= 0.6 is 0 Å². The molecule has 2 aliphatic heterocycles. The Hall–Kier alpha value is -3.55. The smallest absolute Gasteiger partial charge is 0.325 e. The highest BCUT2D eigenvalue weighted by Crippen LogP contribution is 2.34. The van der Waals surface area contributed by atoms with E-state index in [4.69, 9.17) is 9.47 Å². The minimum absolute atomic E-state index is 0.0801. The number of benzene rings is 2. The third-order valence-electron chi connectivity index (χ3n) is 5.76. The summed E-state index contributed by atoms with van der Waals surface area (Å²) in [6.45, 7) is 3.43. The molecule has 2 atom stereocenters. The molecule has 0 radical (unpaired) electrons. The van der Waals surface area contributed by atoms with Crippen molar-refractivity contribution in [3.63, 3.8) is 0 Å². The molecule has 168 valence electrons. The van der Waals surface area contributed by atoms with Gasteiger partial charge in [0.1, 0.15) is 12.1 Å². The first kappa shape index (κ1) is 21.7. The summed E-state index contributed by atoms with van der Waals surface area (Å²) in [6.07, 6.45) is 1.87. The maximum Gasteiger partial charge on any atom is 0.325 e. The number of amides is 4. The van der Waals surface area contributed by atoms with Crippen molar-refractivity contribution >= 4 is 17.8 Å². The van der Waals surface area contributed by atoms with Gasteiger partial charge in [0.25, 0.3) is 5.91 Å². The largest absolute Gasteiger partial charge is 0.454 e. The Balaban J connectivity index is 1.32. The van der Waals surface area contributed by atoms with Crippen LogP contribution in [0.2, 0.25) is 0 Å². The highest BCUT2D eigenvalue weighted by molar-refractivity contribution is 6.09. The number of aryl methyl sites for hydroxylation is 1. The summed E-state index contributed by atoms with van der Waals surface area (Å²) in [4.78, 5) is 39.0. The number of rotatable bonds is 8. The summed E-state index contributed by atoms with van der Waals surface area (Å²) < 4.78 is 10.7. The van der Waals surface area contributed by atoms with Gasteiger partial charge < -0.3 is 20.1 Å². The van der Waals surface area contributed by atoms with Gasteiger partial charge >= 0.3 is 6.03 Å². The SMILES string of the molecule is C[C@H](CCc1ccccc1)NC(=O)CN1C(=O)N[C@@](C)(Cc2ccc3c(c2)OCO3)C1=O. The molecule has 4 rings (SSSR count). The lowest BCUT2D eigenvalue weighted by Crippen LogP contribution is -2.47. The molecule has 2 aromatic rings. The van der Waals surface area contributed by atoms with E-state index in [9.17, 15) is 14.4 Å². The molecule has 2 heterocycles. The van der Waals surface area contributed by atoms with Crippen LogP contribution in [0.5, 0.6) is 11.5 Å². The van der Waals surface area contributed by atoms with E-state index in [-0.39, 0.29) is 31.7 Å². The summed E-state index contributed by atoms with van der Waals surface area (Å²) in [7, 11) is 0. The van der Waals surface area contributed by atoms with Crippen molar-refractivity contribution in [3.8, 4) is 11.5 Å². The van der Waals surface area contributed by atoms with Gasteiger partial charge in [-0.2, -0.15) is 0 Å². The van der Waals surface area contributed by atoms with Gasteiger partial charge in [-0.15, -0.1) is 0 Å². The lowest BCUT2D eigenvalue weighted by atomic mass is 9.92. The zero-order valence-corrected chi connectivity index (χ0v) is 18.2. The first-order chi connectivity index (χ1) is 15.3. The zero-order chi connectivity index (χ0) is 22.7. The standard InChI is InChI=1S/C24H27N3O5/c1-16(8-9-17-6-4-3-5-7-17)25-21(28)14-27-22(29)24(2,26-23(27)30)13-18-10-11-19-20(12-18)32-15-31-19/h3-7,10-12,16H,8-9,13-15H2,1-2H3,(H,25,28)(H,26,30)/t16-,24+/m1/s1. The van der Waals surface area contributed by atoms with Crippen LogP contribution in [-0.4, -0.2) is 47.7 Å². The Morgan fingerprint density at radius 3 is 2.66 bits per heavy atom. The minimum Gasteiger partial charge on any atom is -0.454 e. The van der Waals surface area contributed by atoms with Crippen LogP contribution in [0, 0.1) is 0 Å². The number of urea groups is 1. The van der Waals surface area contributed by atoms with E-state index in [0.717, 1.165) is 23.3 Å². The van der Waals surface area contributed by atoms with Crippen LogP contribution in [0.3, 0.4) is 0 Å². The van der Waals surface area contributed by atoms with Gasteiger partial charge in [0.15, 0.2) is 11.5 Å². The van der Waals surface area contributed by atoms with Crippen molar-refractivity contribution in [2.75, 3.05) is 13.3 Å². The Morgan fingerprint density at radius 2 is 1.88 bits per heavy atom. The molecule has 4 amide bonds. The Morgan fingerprint density at radius 1 is 1.12 bits per heavy atom. The number of carbonyl (C=O) groups is 3. The highest BCUT2D eigenvalue weighted by atomic mass is 16.7. The quantitative estimate of drug-likeness (QED) is 0.618. The predicted molar refractivity (Wildman–Crippen MR) is 117 cm³/mol. The molecule has 0 unspecified atom stereocenters. The molecule has 0 aromatic heterocycles. The number of carbonyl (C=O) groups excluding carboxylic acids is 3. The molecular weight excluding hydrogens is 410 g/mol. The van der Waals surface area contributed by atoms with Gasteiger partial charge in [0.05, 0.1) is 0 Å². The van der Waals surface area contributed by atoms with E-state index in [1.165, 1.54) is 5.56 Å². The molecule has 0 spiro atoms. The Bertz CT molecular complexity index is 1030. The van der Waals surface area contributed by atoms with E-state index in [1.807, 2.05) is 43.3 Å². The fourth-order valence-corrected chi connectivity index (χ4v) is 4.03. The molecule has 1 saturated heterocycles. The zero-order valence-electron chi connectivity index (χ0n) is 18.2. The third kappa shape index (κ3) is 4.69. The lowest BCUT2D eigenvalue weighted by Gasteiger charge is -2.22. The van der Waals surface area contributed by atoms with Crippen LogP contribution in [-0.2, 0) is 22.4 Å². The van der Waals surface area contributed by atoms with Crippen molar-refractivity contribution in [1.82, 2.24) is 15.5 Å². The maximum atomic E-state index is 13.0. The molecule has 2 N–H and O–H groups in total. The van der Waals surface area contributed by atoms with E-state index < -0.39 is 17.5 Å². The number of fused-ring (bicyclic) bond motifs is 1. The number of ether oxygens (including phenoxy) is 2. The summed E-state index contributed by atoms with van der Waals surface area (Å²) in [5.74, 6) is 0.484. The van der Waals surface area contributed by atoms with Gasteiger partial charge in [-0.05, 0) is 49.9 Å². The highest BCUT2D eigenvalue weighted by Gasteiger charge is 2.48. The third-order valence-corrected chi connectivity index (χ3v) is 5.76. The number of hydrogen-bond donors (Lipinski definition) is 2. The predicted octanol–water partition coefficient (Wildman–Crippen LogP) is 2.41. The molecule has 2 aliphatic rings. The number of nitrogens with zero attached hydrogens (tertiary/aromatic N) is 1. The van der Waals surface area contributed by atoms with Gasteiger partial charge in [-0.25, -0.2) is 4.79 Å². The molecule has 8 heteroatoms. The van der Waals surface area contributed by atoms with Gasteiger partial charge in [0.2, 0.25) is 12.7 Å². The molecular formula is C24H27N3O5. The van der Waals surface area contributed by atoms with E-state index in [1.54, 1.807) is 19.1 Å². The second-order valence-electron chi connectivity index (χ2n) is 8.51. The minimum atomic E-state index is -1.13. The van der Waals surface area contributed by atoms with Crippen molar-refractivity contribution in [2.24, 2.45) is 0 Å². The summed E-state index contributed by atoms with van der Waals surface area (Å²) in [5.41, 5.74) is 0.887. The first-order valence-corrected chi connectivity index (χ1v) is 10.7. The average Bonchev–Trinajstić information content (AvgIpc) is 3.31. The second-order valence-corrected chi connectivity index (χ2v) is 8.51. The average molecular weight is 437 g/mol. The topological polar surface area (TPSA) is 97.0 Å². The molecule has 0 bridgehead atoms. The van der Waals surface area contributed by atoms with E-state index in [0.29, 0.717) is 11.5 Å². The van der Waals surface area contributed by atoms with Crippen LogP contribution in [0.15, 0.2) is 48.5 Å². The lowest BCUT2D eigenvalue weighted by molar-refractivity contribution is -0.134. The molecule has 2 aromatic carbocycles. The van der Waals surface area contributed by atoms with E-state index in [2.05, 4.69) is 10.6 Å². The first-order valence-electron chi connectivity index (χ1n) is 10.7. The fraction of sp³-hybridized carbons (Fsp3) is 0.375. The van der Waals surface area contributed by atoms with Crippen LogP contribution < -0.4 is 20.1 Å². The molecule has 0 aliphatic carbocycles. The van der Waals surface area contributed by atoms with Gasteiger partial charge in [0, 0.05) is 12.5 Å². The number of imide groups is 1. The van der Waals surface area contributed by atoms with Crippen LogP contribution in [0.4, 0.5) is 4.79 Å². The summed E-state index contributed by atoms with van der Waals surface area (Å²) in [5, 5.41) is 5.62. The Kier molecular flexibility index (Phi) is 6.03.